The summed E-state index contributed by atoms with van der Waals surface area (Å²) in [6.45, 7) is 0. The van der Waals surface area contributed by atoms with Crippen molar-refractivity contribution < 1.29 is 24.2 Å². The Labute approximate surface area is 207 Å². The number of ether oxygens (including phenoxy) is 2. The standard InChI is InChI=1S/C26H40N4O5/c1-34-22-13-8-18(15-23(22)35-2)16-24(32)30-26(27)29-21(14-17-6-4-3-5-7-17)25(33)28-19-9-11-20(31)12-10-19/h8,13,15,17,19-21,31H,3-7,9-12,14,16H2,1-2H3,(H,28,33)(H3,27,29,30,32)/t19?,20?,21-/m1/s1. The lowest BCUT2D eigenvalue weighted by atomic mass is 9.84. The molecule has 0 spiro atoms. The zero-order valence-corrected chi connectivity index (χ0v) is 20.9. The van der Waals surface area contributed by atoms with Crippen molar-refractivity contribution in [3.05, 3.63) is 23.8 Å². The van der Waals surface area contributed by atoms with E-state index in [1.807, 2.05) is 0 Å². The Morgan fingerprint density at radius 3 is 2.40 bits per heavy atom. The summed E-state index contributed by atoms with van der Waals surface area (Å²) in [5.41, 5.74) is 6.83. The number of guanidine groups is 1. The van der Waals surface area contributed by atoms with E-state index in [2.05, 4.69) is 15.6 Å². The fourth-order valence-electron chi connectivity index (χ4n) is 5.04. The number of benzene rings is 1. The van der Waals surface area contributed by atoms with Crippen LogP contribution in [0.1, 0.15) is 69.8 Å². The Morgan fingerprint density at radius 2 is 1.74 bits per heavy atom. The molecule has 35 heavy (non-hydrogen) atoms. The third-order valence-corrected chi connectivity index (χ3v) is 7.00. The minimum atomic E-state index is -0.647. The molecule has 3 rings (SSSR count). The Kier molecular flexibility index (Phi) is 10.2. The number of methoxy groups -OCH3 is 2. The van der Waals surface area contributed by atoms with Gasteiger partial charge in [0.1, 0.15) is 6.04 Å². The van der Waals surface area contributed by atoms with Crippen LogP contribution in [0, 0.1) is 5.92 Å². The molecule has 1 aromatic rings. The van der Waals surface area contributed by atoms with Gasteiger partial charge in [-0.3, -0.25) is 14.9 Å². The maximum atomic E-state index is 13.1. The summed E-state index contributed by atoms with van der Waals surface area (Å²) in [6.07, 6.45) is 9.04. The zero-order chi connectivity index (χ0) is 25.2. The molecule has 1 atom stereocenters. The molecule has 2 aliphatic carbocycles. The van der Waals surface area contributed by atoms with Crippen LogP contribution in [0.2, 0.25) is 0 Å². The first-order chi connectivity index (χ1) is 16.9. The van der Waals surface area contributed by atoms with E-state index in [-0.39, 0.29) is 36.3 Å². The van der Waals surface area contributed by atoms with Gasteiger partial charge in [0.05, 0.1) is 26.7 Å². The number of aliphatic hydroxyl groups excluding tert-OH is 1. The van der Waals surface area contributed by atoms with Gasteiger partial charge in [-0.25, -0.2) is 4.99 Å². The number of hydrogen-bond donors (Lipinski definition) is 4. The molecular formula is C26H40N4O5. The van der Waals surface area contributed by atoms with E-state index >= 15 is 0 Å². The number of nitrogens with one attached hydrogen (secondary N) is 2. The highest BCUT2D eigenvalue weighted by Crippen LogP contribution is 2.29. The predicted molar refractivity (Wildman–Crippen MR) is 134 cm³/mol. The number of rotatable bonds is 9. The largest absolute Gasteiger partial charge is 0.493 e. The first-order valence-electron chi connectivity index (χ1n) is 12.7. The van der Waals surface area contributed by atoms with Crippen molar-refractivity contribution >= 4 is 17.8 Å². The predicted octanol–water partition coefficient (Wildman–Crippen LogP) is 2.44. The van der Waals surface area contributed by atoms with Crippen LogP contribution >= 0.6 is 0 Å². The van der Waals surface area contributed by atoms with Gasteiger partial charge in [-0.15, -0.1) is 0 Å². The molecule has 194 valence electrons. The summed E-state index contributed by atoms with van der Waals surface area (Å²) < 4.78 is 10.5. The maximum Gasteiger partial charge on any atom is 0.245 e. The van der Waals surface area contributed by atoms with Crippen LogP contribution in [0.3, 0.4) is 0 Å². The second kappa shape index (κ2) is 13.3. The smallest absolute Gasteiger partial charge is 0.245 e. The second-order valence-corrected chi connectivity index (χ2v) is 9.70. The molecule has 5 N–H and O–H groups in total. The number of aliphatic imine (C=N–C) groups is 1. The van der Waals surface area contributed by atoms with E-state index in [1.54, 1.807) is 32.4 Å². The van der Waals surface area contributed by atoms with Gasteiger partial charge in [-0.1, -0.05) is 38.2 Å². The van der Waals surface area contributed by atoms with Crippen molar-refractivity contribution in [2.24, 2.45) is 16.6 Å². The Hall–Kier alpha value is -2.81. The number of hydrogen-bond acceptors (Lipinski definition) is 6. The fourth-order valence-corrected chi connectivity index (χ4v) is 5.04. The lowest BCUT2D eigenvalue weighted by Crippen LogP contribution is -2.45. The average molecular weight is 489 g/mol. The Balaban J connectivity index is 1.63. The van der Waals surface area contributed by atoms with Crippen molar-refractivity contribution in [2.75, 3.05) is 14.2 Å². The summed E-state index contributed by atoms with van der Waals surface area (Å²) in [5.74, 6) is 1.02. The van der Waals surface area contributed by atoms with Crippen LogP contribution in [-0.2, 0) is 16.0 Å². The zero-order valence-electron chi connectivity index (χ0n) is 20.9. The summed E-state index contributed by atoms with van der Waals surface area (Å²) in [7, 11) is 3.10. The molecule has 0 radical (unpaired) electrons. The van der Waals surface area contributed by atoms with Crippen LogP contribution in [0.5, 0.6) is 11.5 Å². The third kappa shape index (κ3) is 8.42. The number of amides is 2. The van der Waals surface area contributed by atoms with Gasteiger partial charge in [0.2, 0.25) is 11.8 Å². The fraction of sp³-hybridized carbons (Fsp3) is 0.654. The topological polar surface area (TPSA) is 135 Å². The number of carbonyl (C=O) groups excluding carboxylic acids is 2. The number of carbonyl (C=O) groups is 2. The minimum absolute atomic E-state index is 0.0378. The summed E-state index contributed by atoms with van der Waals surface area (Å²) in [5, 5.41) is 15.5. The molecule has 2 fully saturated rings. The molecule has 9 heteroatoms. The van der Waals surface area contributed by atoms with Crippen LogP contribution in [0.4, 0.5) is 0 Å². The highest BCUT2D eigenvalue weighted by molar-refractivity contribution is 5.98. The van der Waals surface area contributed by atoms with Gasteiger partial charge in [0.15, 0.2) is 17.5 Å². The highest BCUT2D eigenvalue weighted by Gasteiger charge is 2.28. The lowest BCUT2D eigenvalue weighted by molar-refractivity contribution is -0.124. The highest BCUT2D eigenvalue weighted by atomic mass is 16.5. The molecule has 2 saturated carbocycles. The van der Waals surface area contributed by atoms with Crippen LogP contribution < -0.4 is 25.8 Å². The van der Waals surface area contributed by atoms with Crippen molar-refractivity contribution in [1.82, 2.24) is 10.6 Å². The van der Waals surface area contributed by atoms with Crippen molar-refractivity contribution in [3.8, 4) is 11.5 Å². The molecule has 2 amide bonds. The molecule has 1 aromatic carbocycles. The van der Waals surface area contributed by atoms with Gasteiger partial charge in [0, 0.05) is 6.04 Å². The molecule has 0 aromatic heterocycles. The molecule has 0 unspecified atom stereocenters. The molecular weight excluding hydrogens is 448 g/mol. The normalized spacial score (nSPS) is 22.2. The SMILES string of the molecule is COc1ccc(CC(=O)NC(N)=N[C@H](CC2CCCCC2)C(=O)NC2CCC(O)CC2)cc1OC. The van der Waals surface area contributed by atoms with Crippen molar-refractivity contribution in [1.29, 1.82) is 0 Å². The van der Waals surface area contributed by atoms with Gasteiger partial charge < -0.3 is 25.6 Å². The first kappa shape index (κ1) is 26.8. The van der Waals surface area contributed by atoms with E-state index in [9.17, 15) is 14.7 Å². The maximum absolute atomic E-state index is 13.1. The molecule has 0 aliphatic heterocycles. The summed E-state index contributed by atoms with van der Waals surface area (Å²) in [4.78, 5) is 30.2. The van der Waals surface area contributed by atoms with Gasteiger partial charge >= 0.3 is 0 Å². The number of nitrogens with zero attached hydrogens (tertiary/aromatic N) is 1. The Bertz CT molecular complexity index is 876. The van der Waals surface area contributed by atoms with Crippen molar-refractivity contribution in [2.45, 2.75) is 88.8 Å². The van der Waals surface area contributed by atoms with Crippen LogP contribution in [0.15, 0.2) is 23.2 Å². The molecule has 0 bridgehead atoms. The second-order valence-electron chi connectivity index (χ2n) is 9.70. The van der Waals surface area contributed by atoms with E-state index in [4.69, 9.17) is 15.2 Å². The summed E-state index contributed by atoms with van der Waals surface area (Å²) in [6, 6.07) is 4.66. The quantitative estimate of drug-likeness (QED) is 0.311. The molecule has 9 nitrogen and oxygen atoms in total. The number of aliphatic hydroxyl groups is 1. The average Bonchev–Trinajstić information content (AvgIpc) is 2.85. The van der Waals surface area contributed by atoms with Gasteiger partial charge in [0.25, 0.3) is 0 Å². The van der Waals surface area contributed by atoms with E-state index in [0.717, 1.165) is 31.2 Å². The third-order valence-electron chi connectivity index (χ3n) is 7.00. The Morgan fingerprint density at radius 1 is 1.06 bits per heavy atom. The lowest BCUT2D eigenvalue weighted by Gasteiger charge is -2.29. The molecule has 2 aliphatic rings. The van der Waals surface area contributed by atoms with Gasteiger partial charge in [-0.05, 0) is 55.7 Å². The van der Waals surface area contributed by atoms with Crippen LogP contribution in [0.25, 0.3) is 0 Å². The van der Waals surface area contributed by atoms with E-state index < -0.39 is 6.04 Å². The summed E-state index contributed by atoms with van der Waals surface area (Å²) >= 11 is 0. The first-order valence-corrected chi connectivity index (χ1v) is 12.7. The number of nitrogens with two attached hydrogens (primary N) is 1. The monoisotopic (exact) mass is 488 g/mol. The molecule has 0 heterocycles. The van der Waals surface area contributed by atoms with Crippen LogP contribution in [-0.4, -0.2) is 55.3 Å². The van der Waals surface area contributed by atoms with Gasteiger partial charge in [-0.2, -0.15) is 0 Å². The van der Waals surface area contributed by atoms with E-state index in [0.29, 0.717) is 36.7 Å². The minimum Gasteiger partial charge on any atom is -0.493 e. The molecule has 0 saturated heterocycles. The van der Waals surface area contributed by atoms with E-state index in [1.165, 1.54) is 19.3 Å². The van der Waals surface area contributed by atoms with Crippen molar-refractivity contribution in [3.63, 3.8) is 0 Å².